The SMILES string of the molecule is CCCCCCCCCCCCCc1cn(CCSC[C@H](N)C(=O)N[C@@H](COC(C)(C)C)C(=O)OC)nn1. The normalized spacial score (nSPS) is 13.3. The molecule has 0 aromatic carbocycles. The Labute approximate surface area is 234 Å². The Hall–Kier alpha value is -1.65. The zero-order valence-electron chi connectivity index (χ0n) is 24.5. The van der Waals surface area contributed by atoms with Gasteiger partial charge in [-0.15, -0.1) is 5.10 Å². The maximum absolute atomic E-state index is 12.5. The maximum Gasteiger partial charge on any atom is 0.330 e. The number of methoxy groups -OCH3 is 1. The van der Waals surface area contributed by atoms with Gasteiger partial charge in [0.05, 0.1) is 37.6 Å². The lowest BCUT2D eigenvalue weighted by Crippen LogP contribution is -2.52. The Bertz CT molecular complexity index is 769. The van der Waals surface area contributed by atoms with E-state index in [4.69, 9.17) is 15.2 Å². The second kappa shape index (κ2) is 20.3. The molecule has 0 spiro atoms. The van der Waals surface area contributed by atoms with Gasteiger partial charge in [-0.3, -0.25) is 9.48 Å². The highest BCUT2D eigenvalue weighted by Gasteiger charge is 2.26. The van der Waals surface area contributed by atoms with E-state index in [0.717, 1.165) is 24.3 Å². The van der Waals surface area contributed by atoms with E-state index in [-0.39, 0.29) is 6.61 Å². The summed E-state index contributed by atoms with van der Waals surface area (Å²) >= 11 is 1.57. The molecule has 0 aliphatic rings. The summed E-state index contributed by atoms with van der Waals surface area (Å²) in [6.07, 6.45) is 17.7. The van der Waals surface area contributed by atoms with Crippen molar-refractivity contribution in [3.8, 4) is 0 Å². The number of rotatable bonds is 22. The summed E-state index contributed by atoms with van der Waals surface area (Å²) in [5.41, 5.74) is 6.64. The summed E-state index contributed by atoms with van der Waals surface area (Å²) in [6, 6.07) is -1.63. The number of aromatic nitrogens is 3. The molecule has 1 aromatic heterocycles. The second-order valence-corrected chi connectivity index (χ2v) is 12.1. The van der Waals surface area contributed by atoms with Crippen LogP contribution in [0, 0.1) is 0 Å². The third-order valence-electron chi connectivity index (χ3n) is 6.21. The highest BCUT2D eigenvalue weighted by molar-refractivity contribution is 7.99. The van der Waals surface area contributed by atoms with Crippen LogP contribution in [0.15, 0.2) is 6.20 Å². The predicted molar refractivity (Wildman–Crippen MR) is 155 cm³/mol. The molecular weight excluding hydrogens is 502 g/mol. The summed E-state index contributed by atoms with van der Waals surface area (Å²) in [4.78, 5) is 24.5. The van der Waals surface area contributed by atoms with Gasteiger partial charge in [-0.05, 0) is 33.6 Å². The van der Waals surface area contributed by atoms with Crippen molar-refractivity contribution < 1.29 is 19.1 Å². The molecule has 0 aliphatic heterocycles. The van der Waals surface area contributed by atoms with Crippen LogP contribution in [0.5, 0.6) is 0 Å². The van der Waals surface area contributed by atoms with Gasteiger partial charge in [-0.1, -0.05) is 76.3 Å². The molecule has 0 bridgehead atoms. The summed E-state index contributed by atoms with van der Waals surface area (Å²) < 4.78 is 12.3. The number of nitrogens with two attached hydrogens (primary N) is 1. The van der Waals surface area contributed by atoms with E-state index >= 15 is 0 Å². The van der Waals surface area contributed by atoms with Crippen LogP contribution in [0.25, 0.3) is 0 Å². The van der Waals surface area contributed by atoms with Crippen molar-refractivity contribution in [2.45, 2.75) is 129 Å². The number of esters is 1. The van der Waals surface area contributed by atoms with Crippen LogP contribution in [0.2, 0.25) is 0 Å². The molecule has 0 unspecified atom stereocenters. The van der Waals surface area contributed by atoms with Crippen molar-refractivity contribution in [2.24, 2.45) is 5.73 Å². The van der Waals surface area contributed by atoms with Crippen LogP contribution in [-0.4, -0.2) is 69.8 Å². The molecule has 0 fully saturated rings. The first kappa shape index (κ1) is 34.4. The number of hydrogen-bond donors (Lipinski definition) is 2. The van der Waals surface area contributed by atoms with Crippen molar-refractivity contribution in [3.63, 3.8) is 0 Å². The summed E-state index contributed by atoms with van der Waals surface area (Å²) in [6.45, 7) is 8.62. The minimum absolute atomic E-state index is 0.0234. The number of hydrogen-bond acceptors (Lipinski definition) is 8. The van der Waals surface area contributed by atoms with Crippen LogP contribution in [-0.2, 0) is 32.0 Å². The third-order valence-corrected chi connectivity index (χ3v) is 7.27. The smallest absolute Gasteiger partial charge is 0.330 e. The summed E-state index contributed by atoms with van der Waals surface area (Å²) in [5.74, 6) is 0.230. The zero-order valence-corrected chi connectivity index (χ0v) is 25.3. The molecule has 0 saturated carbocycles. The highest BCUT2D eigenvalue weighted by Crippen LogP contribution is 2.13. The van der Waals surface area contributed by atoms with Gasteiger partial charge in [0.25, 0.3) is 0 Å². The lowest BCUT2D eigenvalue weighted by Gasteiger charge is -2.24. The fraction of sp³-hybridized carbons (Fsp3) is 0.857. The molecule has 3 N–H and O–H groups in total. The zero-order chi connectivity index (χ0) is 28.2. The van der Waals surface area contributed by atoms with Gasteiger partial charge in [0.2, 0.25) is 5.91 Å². The number of ether oxygens (including phenoxy) is 2. The quantitative estimate of drug-likeness (QED) is 0.156. The number of aryl methyl sites for hydroxylation is 2. The Morgan fingerprint density at radius 2 is 1.66 bits per heavy atom. The molecule has 0 saturated heterocycles. The van der Waals surface area contributed by atoms with Gasteiger partial charge in [-0.2, -0.15) is 11.8 Å². The van der Waals surface area contributed by atoms with Gasteiger partial charge in [0, 0.05) is 17.7 Å². The molecule has 10 heteroatoms. The number of amides is 1. The average Bonchev–Trinajstić information content (AvgIpc) is 3.33. The summed E-state index contributed by atoms with van der Waals surface area (Å²) in [5, 5.41) is 11.2. The first-order chi connectivity index (χ1) is 18.2. The molecular formula is C28H53N5O4S. The Morgan fingerprint density at radius 3 is 2.24 bits per heavy atom. The number of unbranched alkanes of at least 4 members (excludes halogenated alkanes) is 10. The minimum atomic E-state index is -0.892. The molecule has 220 valence electrons. The van der Waals surface area contributed by atoms with Crippen LogP contribution in [0.4, 0.5) is 0 Å². The second-order valence-electron chi connectivity index (χ2n) is 10.9. The van der Waals surface area contributed by atoms with Crippen molar-refractivity contribution in [1.29, 1.82) is 0 Å². The van der Waals surface area contributed by atoms with Crippen molar-refractivity contribution >= 4 is 23.6 Å². The van der Waals surface area contributed by atoms with E-state index < -0.39 is 29.6 Å². The standard InChI is InChI=1S/C28H53N5O4S/c1-6-7-8-9-10-11-12-13-14-15-16-17-23-20-33(32-31-23)18-19-38-22-24(29)26(34)30-25(27(35)36-5)21-37-28(2,3)4/h20,24-25H,6-19,21-22,29H2,1-5H3,(H,30,34)/t24-,25-/m0/s1. The summed E-state index contributed by atoms with van der Waals surface area (Å²) in [7, 11) is 1.28. The maximum atomic E-state index is 12.5. The largest absolute Gasteiger partial charge is 0.467 e. The Kier molecular flexibility index (Phi) is 18.3. The number of thioether (sulfide) groups is 1. The molecule has 0 aliphatic carbocycles. The van der Waals surface area contributed by atoms with Crippen LogP contribution >= 0.6 is 11.8 Å². The average molecular weight is 556 g/mol. The highest BCUT2D eigenvalue weighted by atomic mass is 32.2. The molecule has 2 atom stereocenters. The molecule has 1 heterocycles. The van der Waals surface area contributed by atoms with E-state index in [1.54, 1.807) is 11.8 Å². The van der Waals surface area contributed by atoms with Crippen LogP contribution < -0.4 is 11.1 Å². The van der Waals surface area contributed by atoms with Crippen LogP contribution in [0.3, 0.4) is 0 Å². The van der Waals surface area contributed by atoms with E-state index in [1.165, 1.54) is 71.3 Å². The van der Waals surface area contributed by atoms with Gasteiger partial charge in [0.15, 0.2) is 6.04 Å². The Balaban J connectivity index is 2.17. The van der Waals surface area contributed by atoms with E-state index in [0.29, 0.717) is 12.3 Å². The van der Waals surface area contributed by atoms with Gasteiger partial charge in [0.1, 0.15) is 0 Å². The fourth-order valence-corrected chi connectivity index (χ4v) is 4.79. The van der Waals surface area contributed by atoms with Gasteiger partial charge < -0.3 is 20.5 Å². The molecule has 9 nitrogen and oxygen atoms in total. The monoisotopic (exact) mass is 555 g/mol. The topological polar surface area (TPSA) is 121 Å². The molecule has 1 aromatic rings. The molecule has 1 amide bonds. The number of nitrogens with zero attached hydrogens (tertiary/aromatic N) is 3. The lowest BCUT2D eigenvalue weighted by atomic mass is 10.0. The van der Waals surface area contributed by atoms with Gasteiger partial charge in [-0.25, -0.2) is 4.79 Å². The number of carbonyl (C=O) groups is 2. The van der Waals surface area contributed by atoms with E-state index in [9.17, 15) is 9.59 Å². The van der Waals surface area contributed by atoms with E-state index in [2.05, 4.69) is 22.6 Å². The first-order valence-corrected chi connectivity index (χ1v) is 15.6. The van der Waals surface area contributed by atoms with Gasteiger partial charge >= 0.3 is 5.97 Å². The number of carbonyl (C=O) groups excluding carboxylic acids is 2. The van der Waals surface area contributed by atoms with Crippen molar-refractivity contribution in [2.75, 3.05) is 25.2 Å². The molecule has 38 heavy (non-hydrogen) atoms. The minimum Gasteiger partial charge on any atom is -0.467 e. The van der Waals surface area contributed by atoms with Crippen molar-refractivity contribution in [3.05, 3.63) is 11.9 Å². The lowest BCUT2D eigenvalue weighted by molar-refractivity contribution is -0.148. The molecule has 1 rings (SSSR count). The van der Waals surface area contributed by atoms with Crippen LogP contribution in [0.1, 0.15) is 104 Å². The fourth-order valence-electron chi connectivity index (χ4n) is 3.90. The van der Waals surface area contributed by atoms with Crippen molar-refractivity contribution in [1.82, 2.24) is 20.3 Å². The third kappa shape index (κ3) is 17.0. The molecule has 0 radical (unpaired) electrons. The predicted octanol–water partition coefficient (Wildman–Crippen LogP) is 4.67. The number of nitrogens with one attached hydrogen (secondary N) is 1. The first-order valence-electron chi connectivity index (χ1n) is 14.4. The van der Waals surface area contributed by atoms with E-state index in [1.807, 2.05) is 31.6 Å². The Morgan fingerprint density at radius 1 is 1.05 bits per heavy atom.